The van der Waals surface area contributed by atoms with E-state index in [0.717, 1.165) is 22.3 Å². The van der Waals surface area contributed by atoms with Crippen LogP contribution in [0.15, 0.2) is 48.5 Å². The fourth-order valence-electron chi connectivity index (χ4n) is 5.07. The lowest BCUT2D eigenvalue weighted by molar-refractivity contribution is -0.153. The van der Waals surface area contributed by atoms with Gasteiger partial charge in [0.15, 0.2) is 0 Å². The van der Waals surface area contributed by atoms with Gasteiger partial charge in [-0.25, -0.2) is 4.79 Å². The molecule has 0 bridgehead atoms. The number of alkyl carbamates (subject to hydrolysis) is 1. The summed E-state index contributed by atoms with van der Waals surface area (Å²) < 4.78 is 5.61. The minimum absolute atomic E-state index is 0.0371. The van der Waals surface area contributed by atoms with E-state index in [1.54, 1.807) is 25.7 Å². The summed E-state index contributed by atoms with van der Waals surface area (Å²) in [5.41, 5.74) is 2.82. The predicted molar refractivity (Wildman–Crippen MR) is 128 cm³/mol. The lowest BCUT2D eigenvalue weighted by Gasteiger charge is -2.39. The third-order valence-electron chi connectivity index (χ3n) is 6.94. The maximum absolute atomic E-state index is 12.9. The number of rotatable bonds is 6. The largest absolute Gasteiger partial charge is 0.481 e. The second-order valence-corrected chi connectivity index (χ2v) is 10.3. The van der Waals surface area contributed by atoms with E-state index in [1.165, 1.54) is 0 Å². The van der Waals surface area contributed by atoms with E-state index in [4.69, 9.17) is 4.74 Å². The zero-order chi connectivity index (χ0) is 24.5. The predicted octanol–water partition coefficient (Wildman–Crippen LogP) is 4.41. The van der Waals surface area contributed by atoms with Crippen molar-refractivity contribution in [2.24, 2.45) is 5.41 Å². The average Bonchev–Trinajstić information content (AvgIpc) is 3.11. The average molecular weight is 465 g/mol. The highest BCUT2D eigenvalue weighted by Gasteiger charge is 2.40. The molecule has 7 heteroatoms. The SMILES string of the molecule is CC(C)(CC(=O)N1CCCC(C)(C(=O)O)C1)NC(=O)OCC1c2ccccc2-c2ccccc21. The molecule has 180 valence electrons. The van der Waals surface area contributed by atoms with Crippen LogP contribution in [0.5, 0.6) is 0 Å². The highest BCUT2D eigenvalue weighted by Crippen LogP contribution is 2.44. The Morgan fingerprint density at radius 3 is 2.26 bits per heavy atom. The van der Waals surface area contributed by atoms with Crippen LogP contribution in [0.25, 0.3) is 11.1 Å². The van der Waals surface area contributed by atoms with Crippen molar-refractivity contribution in [2.45, 2.75) is 51.5 Å². The van der Waals surface area contributed by atoms with E-state index in [0.29, 0.717) is 19.4 Å². The van der Waals surface area contributed by atoms with Gasteiger partial charge in [0.05, 0.1) is 5.41 Å². The Kier molecular flexibility index (Phi) is 6.39. The van der Waals surface area contributed by atoms with Crippen molar-refractivity contribution in [3.63, 3.8) is 0 Å². The molecule has 7 nitrogen and oxygen atoms in total. The van der Waals surface area contributed by atoms with E-state index in [1.807, 2.05) is 24.3 Å². The number of carbonyl (C=O) groups is 3. The zero-order valence-corrected chi connectivity index (χ0v) is 20.0. The molecular formula is C27H32N2O5. The Bertz CT molecular complexity index is 1070. The van der Waals surface area contributed by atoms with E-state index in [2.05, 4.69) is 29.6 Å². The molecule has 1 atom stereocenters. The summed E-state index contributed by atoms with van der Waals surface area (Å²) in [6.45, 7) is 6.13. The Hall–Kier alpha value is -3.35. The summed E-state index contributed by atoms with van der Waals surface area (Å²) in [4.78, 5) is 38.7. The van der Waals surface area contributed by atoms with Gasteiger partial charge in [0.2, 0.25) is 5.91 Å². The number of nitrogens with zero attached hydrogens (tertiary/aromatic N) is 1. The Morgan fingerprint density at radius 2 is 1.68 bits per heavy atom. The first-order valence-corrected chi connectivity index (χ1v) is 11.7. The van der Waals surface area contributed by atoms with Crippen molar-refractivity contribution in [3.05, 3.63) is 59.7 Å². The van der Waals surface area contributed by atoms with Gasteiger partial charge in [0, 0.05) is 31.0 Å². The Morgan fingerprint density at radius 1 is 1.09 bits per heavy atom. The fourth-order valence-corrected chi connectivity index (χ4v) is 5.07. The lowest BCUT2D eigenvalue weighted by Crippen LogP contribution is -2.52. The Balaban J connectivity index is 1.35. The number of carbonyl (C=O) groups excluding carboxylic acids is 2. The van der Waals surface area contributed by atoms with Gasteiger partial charge in [-0.2, -0.15) is 0 Å². The number of ether oxygens (including phenoxy) is 1. The molecule has 1 heterocycles. The summed E-state index contributed by atoms with van der Waals surface area (Å²) in [5, 5.41) is 12.3. The van der Waals surface area contributed by atoms with Crippen LogP contribution in [0.2, 0.25) is 0 Å². The second kappa shape index (κ2) is 9.12. The summed E-state index contributed by atoms with van der Waals surface area (Å²) in [6.07, 6.45) is 0.684. The van der Waals surface area contributed by atoms with Gasteiger partial charge in [-0.1, -0.05) is 48.5 Å². The van der Waals surface area contributed by atoms with E-state index in [-0.39, 0.29) is 31.4 Å². The highest BCUT2D eigenvalue weighted by atomic mass is 16.5. The molecular weight excluding hydrogens is 432 g/mol. The maximum Gasteiger partial charge on any atom is 0.407 e. The molecule has 0 aromatic heterocycles. The third-order valence-corrected chi connectivity index (χ3v) is 6.94. The standard InChI is InChI=1S/C27H32N2O5/c1-26(2,15-23(30)29-14-8-13-27(3,17-29)24(31)32)28-25(33)34-16-22-20-11-6-4-9-18(20)19-10-5-7-12-21(19)22/h4-7,9-12,22H,8,13-17H2,1-3H3,(H,28,33)(H,31,32). The van der Waals surface area contributed by atoms with Gasteiger partial charge in [-0.15, -0.1) is 0 Å². The van der Waals surface area contributed by atoms with E-state index < -0.39 is 23.0 Å². The van der Waals surface area contributed by atoms with Gasteiger partial charge in [0.1, 0.15) is 6.61 Å². The lowest BCUT2D eigenvalue weighted by atomic mass is 9.81. The second-order valence-electron chi connectivity index (χ2n) is 10.3. The summed E-state index contributed by atoms with van der Waals surface area (Å²) >= 11 is 0. The molecule has 4 rings (SSSR count). The fraction of sp³-hybridized carbons (Fsp3) is 0.444. The minimum atomic E-state index is -0.932. The summed E-state index contributed by atoms with van der Waals surface area (Å²) in [5.74, 6) is -1.10. The van der Waals surface area contributed by atoms with Gasteiger partial charge < -0.3 is 20.1 Å². The Labute approximate surface area is 200 Å². The molecule has 2 amide bonds. The number of piperidine rings is 1. The first kappa shape index (κ1) is 23.8. The van der Waals surface area contributed by atoms with Crippen LogP contribution in [0.4, 0.5) is 4.79 Å². The molecule has 2 N–H and O–H groups in total. The van der Waals surface area contributed by atoms with Crippen LogP contribution >= 0.6 is 0 Å². The van der Waals surface area contributed by atoms with Crippen LogP contribution in [-0.2, 0) is 14.3 Å². The van der Waals surface area contributed by atoms with Crippen LogP contribution < -0.4 is 5.32 Å². The van der Waals surface area contributed by atoms with Crippen molar-refractivity contribution in [1.82, 2.24) is 10.2 Å². The zero-order valence-electron chi connectivity index (χ0n) is 20.0. The number of likely N-dealkylation sites (tertiary alicyclic amines) is 1. The number of fused-ring (bicyclic) bond motifs is 3. The molecule has 1 aliphatic carbocycles. The number of hydrogen-bond acceptors (Lipinski definition) is 4. The van der Waals surface area contributed by atoms with Crippen LogP contribution in [0.1, 0.15) is 57.1 Å². The maximum atomic E-state index is 12.9. The van der Waals surface area contributed by atoms with Gasteiger partial charge >= 0.3 is 12.1 Å². The molecule has 0 radical (unpaired) electrons. The van der Waals surface area contributed by atoms with Crippen LogP contribution in [0.3, 0.4) is 0 Å². The van der Waals surface area contributed by atoms with E-state index >= 15 is 0 Å². The minimum Gasteiger partial charge on any atom is -0.481 e. The molecule has 1 fully saturated rings. The molecule has 2 aromatic carbocycles. The topological polar surface area (TPSA) is 95.9 Å². The number of carboxylic acids is 1. The quantitative estimate of drug-likeness (QED) is 0.660. The van der Waals surface area contributed by atoms with Crippen LogP contribution in [-0.4, -0.2) is 53.2 Å². The number of hydrogen-bond donors (Lipinski definition) is 2. The number of carboxylic acid groups (broad SMARTS) is 1. The number of aliphatic carboxylic acids is 1. The number of nitrogens with one attached hydrogen (secondary N) is 1. The normalized spacial score (nSPS) is 19.8. The summed E-state index contributed by atoms with van der Waals surface area (Å²) in [7, 11) is 0. The van der Waals surface area contributed by atoms with Gasteiger partial charge in [-0.05, 0) is 55.9 Å². The highest BCUT2D eigenvalue weighted by molar-refractivity contribution is 5.81. The molecule has 1 saturated heterocycles. The molecule has 34 heavy (non-hydrogen) atoms. The molecule has 2 aromatic rings. The van der Waals surface area contributed by atoms with Crippen molar-refractivity contribution >= 4 is 18.0 Å². The van der Waals surface area contributed by atoms with Crippen LogP contribution in [0, 0.1) is 5.41 Å². The van der Waals surface area contributed by atoms with Crippen molar-refractivity contribution in [2.75, 3.05) is 19.7 Å². The third kappa shape index (κ3) is 4.79. The molecule has 0 spiro atoms. The van der Waals surface area contributed by atoms with Crippen molar-refractivity contribution in [1.29, 1.82) is 0 Å². The first-order chi connectivity index (χ1) is 16.1. The number of benzene rings is 2. The van der Waals surface area contributed by atoms with Gasteiger partial charge in [-0.3, -0.25) is 9.59 Å². The van der Waals surface area contributed by atoms with Gasteiger partial charge in [0.25, 0.3) is 0 Å². The monoisotopic (exact) mass is 464 g/mol. The van der Waals surface area contributed by atoms with Crippen molar-refractivity contribution in [3.8, 4) is 11.1 Å². The molecule has 0 saturated carbocycles. The molecule has 1 unspecified atom stereocenters. The smallest absolute Gasteiger partial charge is 0.407 e. The first-order valence-electron chi connectivity index (χ1n) is 11.7. The molecule has 1 aliphatic heterocycles. The van der Waals surface area contributed by atoms with E-state index in [9.17, 15) is 19.5 Å². The number of amides is 2. The molecule has 2 aliphatic rings. The van der Waals surface area contributed by atoms with Crippen molar-refractivity contribution < 1.29 is 24.2 Å². The summed E-state index contributed by atoms with van der Waals surface area (Å²) in [6, 6.07) is 16.3.